The molecule has 3 aliphatic heterocycles. The lowest BCUT2D eigenvalue weighted by molar-refractivity contribution is -0.125. The number of hydrogen-bond acceptors (Lipinski definition) is 7. The Kier molecular flexibility index (Phi) is 7.34. The molecule has 10 nitrogen and oxygen atoms in total. The second kappa shape index (κ2) is 10.1. The van der Waals surface area contributed by atoms with Crippen molar-refractivity contribution in [2.75, 3.05) is 77.5 Å². The van der Waals surface area contributed by atoms with Gasteiger partial charge in [0, 0.05) is 71.4 Å². The van der Waals surface area contributed by atoms with Crippen LogP contribution in [0.2, 0.25) is 0 Å². The smallest absolute Gasteiger partial charge is 0.243 e. The zero-order valence-corrected chi connectivity index (χ0v) is 20.1. The minimum absolute atomic E-state index is 0.183. The van der Waals surface area contributed by atoms with Gasteiger partial charge < -0.3 is 15.0 Å². The Labute approximate surface area is 195 Å². The van der Waals surface area contributed by atoms with Crippen LogP contribution >= 0.6 is 0 Å². The van der Waals surface area contributed by atoms with Crippen molar-refractivity contribution in [2.45, 2.75) is 24.3 Å². The van der Waals surface area contributed by atoms with Gasteiger partial charge in [-0.1, -0.05) is 0 Å². The van der Waals surface area contributed by atoms with Gasteiger partial charge in [0.25, 0.3) is 0 Å². The van der Waals surface area contributed by atoms with Crippen LogP contribution in [-0.4, -0.2) is 113 Å². The fourth-order valence-corrected chi connectivity index (χ4v) is 6.11. The lowest BCUT2D eigenvalue weighted by Crippen LogP contribution is -2.50. The molecule has 1 N–H and O–H groups in total. The van der Waals surface area contributed by atoms with Crippen molar-refractivity contribution >= 4 is 27.5 Å². The Balaban J connectivity index is 1.43. The number of hydrogen-bond donors (Lipinski definition) is 1. The molecular formula is C22H33N5O5S. The summed E-state index contributed by atoms with van der Waals surface area (Å²) in [5.41, 5.74) is 1.29. The topological polar surface area (TPSA) is 102 Å². The second-order valence-electron chi connectivity index (χ2n) is 8.85. The summed E-state index contributed by atoms with van der Waals surface area (Å²) in [6, 6.07) is 4.09. The number of nitrogens with one attached hydrogen (secondary N) is 1. The summed E-state index contributed by atoms with van der Waals surface area (Å²) in [6.45, 7) is 8.06. The number of morpholine rings is 1. The number of carbonyl (C=O) groups excluding carboxylic acids is 2. The zero-order valence-electron chi connectivity index (χ0n) is 19.3. The van der Waals surface area contributed by atoms with E-state index >= 15 is 0 Å². The number of ether oxygens (including phenoxy) is 1. The predicted molar refractivity (Wildman–Crippen MR) is 124 cm³/mol. The third-order valence-corrected chi connectivity index (χ3v) is 8.50. The van der Waals surface area contributed by atoms with Crippen LogP contribution in [-0.2, 0) is 30.8 Å². The normalized spacial score (nSPS) is 22.8. The molecule has 2 amide bonds. The first-order chi connectivity index (χ1) is 15.8. The minimum Gasteiger partial charge on any atom is -0.379 e. The Morgan fingerprint density at radius 2 is 1.79 bits per heavy atom. The van der Waals surface area contributed by atoms with Gasteiger partial charge >= 0.3 is 0 Å². The predicted octanol–water partition coefficient (Wildman–Crippen LogP) is -0.651. The lowest BCUT2D eigenvalue weighted by Gasteiger charge is -2.32. The van der Waals surface area contributed by atoms with Crippen LogP contribution < -0.4 is 10.2 Å². The number of sulfonamides is 1. The molecule has 0 spiro atoms. The van der Waals surface area contributed by atoms with Gasteiger partial charge in [-0.25, -0.2) is 8.42 Å². The summed E-state index contributed by atoms with van der Waals surface area (Å²) < 4.78 is 32.7. The third-order valence-electron chi connectivity index (χ3n) is 6.61. The Morgan fingerprint density at radius 1 is 1.09 bits per heavy atom. The molecule has 182 valence electrons. The molecule has 2 fully saturated rings. The highest BCUT2D eigenvalue weighted by molar-refractivity contribution is 7.89. The van der Waals surface area contributed by atoms with Crippen LogP contribution in [0.15, 0.2) is 23.1 Å². The molecule has 1 aromatic carbocycles. The van der Waals surface area contributed by atoms with E-state index in [1.54, 1.807) is 12.1 Å². The average molecular weight is 480 g/mol. The number of fused-ring (bicyclic) bond motifs is 1. The summed E-state index contributed by atoms with van der Waals surface area (Å²) in [6.07, 6.45) is 0.293. The SMILES string of the molecule is CC(=O)N1c2ccc(S(=O)(=O)N3CCOCC3)cc2C[C@H]1C(=O)NCCN1CCN(C)CC1. The number of amides is 2. The van der Waals surface area contributed by atoms with Gasteiger partial charge in [-0.2, -0.15) is 4.31 Å². The first-order valence-corrected chi connectivity index (χ1v) is 12.9. The molecule has 4 rings (SSSR count). The molecular weight excluding hydrogens is 446 g/mol. The number of benzene rings is 1. The average Bonchev–Trinajstić information content (AvgIpc) is 3.20. The van der Waals surface area contributed by atoms with E-state index in [0.717, 1.165) is 32.7 Å². The van der Waals surface area contributed by atoms with Crippen molar-refractivity contribution in [1.29, 1.82) is 0 Å². The summed E-state index contributed by atoms with van der Waals surface area (Å²) in [5, 5.41) is 2.97. The third kappa shape index (κ3) is 5.22. The number of nitrogens with zero attached hydrogens (tertiary/aromatic N) is 4. The fraction of sp³-hybridized carbons (Fsp3) is 0.636. The van der Waals surface area contributed by atoms with E-state index < -0.39 is 16.1 Å². The van der Waals surface area contributed by atoms with E-state index in [9.17, 15) is 18.0 Å². The maximum absolute atomic E-state index is 13.0. The van der Waals surface area contributed by atoms with Gasteiger partial charge in [0.2, 0.25) is 21.8 Å². The maximum Gasteiger partial charge on any atom is 0.243 e. The number of carbonyl (C=O) groups is 2. The number of rotatable bonds is 6. The number of anilines is 1. The van der Waals surface area contributed by atoms with Gasteiger partial charge in [0.1, 0.15) is 6.04 Å². The number of likely N-dealkylation sites (N-methyl/N-ethyl adjacent to an activating group) is 1. The van der Waals surface area contributed by atoms with Gasteiger partial charge in [-0.3, -0.25) is 19.4 Å². The highest BCUT2D eigenvalue weighted by Crippen LogP contribution is 2.35. The molecule has 0 bridgehead atoms. The van der Waals surface area contributed by atoms with Crippen molar-refractivity contribution in [3.05, 3.63) is 23.8 Å². The Bertz CT molecular complexity index is 987. The summed E-state index contributed by atoms with van der Waals surface area (Å²) >= 11 is 0. The largest absolute Gasteiger partial charge is 0.379 e. The second-order valence-corrected chi connectivity index (χ2v) is 10.8. The van der Waals surface area contributed by atoms with Crippen molar-refractivity contribution in [1.82, 2.24) is 19.4 Å². The molecule has 3 heterocycles. The molecule has 0 aliphatic carbocycles. The molecule has 33 heavy (non-hydrogen) atoms. The lowest BCUT2D eigenvalue weighted by atomic mass is 10.1. The highest BCUT2D eigenvalue weighted by Gasteiger charge is 2.38. The molecule has 11 heteroatoms. The number of piperazine rings is 1. The molecule has 3 aliphatic rings. The highest BCUT2D eigenvalue weighted by atomic mass is 32.2. The van der Waals surface area contributed by atoms with Crippen molar-refractivity contribution in [2.24, 2.45) is 0 Å². The van der Waals surface area contributed by atoms with Crippen LogP contribution in [0.1, 0.15) is 12.5 Å². The molecule has 0 unspecified atom stereocenters. The molecule has 0 radical (unpaired) electrons. The van der Waals surface area contributed by atoms with Gasteiger partial charge in [0.05, 0.1) is 18.1 Å². The monoisotopic (exact) mass is 479 g/mol. The van der Waals surface area contributed by atoms with E-state index in [1.807, 2.05) is 0 Å². The van der Waals surface area contributed by atoms with E-state index in [0.29, 0.717) is 50.5 Å². The quantitative estimate of drug-likeness (QED) is 0.578. The summed E-state index contributed by atoms with van der Waals surface area (Å²) in [5.74, 6) is -0.454. The van der Waals surface area contributed by atoms with Crippen molar-refractivity contribution < 1.29 is 22.7 Å². The Morgan fingerprint density at radius 3 is 2.45 bits per heavy atom. The van der Waals surface area contributed by atoms with Crippen molar-refractivity contribution in [3.8, 4) is 0 Å². The molecule has 1 atom stereocenters. The van der Waals surface area contributed by atoms with Crippen LogP contribution in [0.4, 0.5) is 5.69 Å². The van der Waals surface area contributed by atoms with E-state index in [-0.39, 0.29) is 16.7 Å². The van der Waals surface area contributed by atoms with E-state index in [1.165, 1.54) is 22.2 Å². The maximum atomic E-state index is 13.0. The first-order valence-electron chi connectivity index (χ1n) is 11.5. The summed E-state index contributed by atoms with van der Waals surface area (Å²) in [7, 11) is -1.55. The van der Waals surface area contributed by atoms with Crippen LogP contribution in [0, 0.1) is 0 Å². The zero-order chi connectivity index (χ0) is 23.6. The molecule has 1 aromatic rings. The molecule has 2 saturated heterocycles. The van der Waals surface area contributed by atoms with Gasteiger partial charge in [-0.05, 0) is 30.8 Å². The molecule has 0 saturated carbocycles. The van der Waals surface area contributed by atoms with Gasteiger partial charge in [-0.15, -0.1) is 0 Å². The molecule has 0 aromatic heterocycles. The van der Waals surface area contributed by atoms with Crippen LogP contribution in [0.5, 0.6) is 0 Å². The van der Waals surface area contributed by atoms with E-state index in [2.05, 4.69) is 22.2 Å². The first kappa shape index (κ1) is 24.1. The standard InChI is InChI=1S/C22H33N5O5S/c1-17(28)27-20-4-3-19(33(30,31)26-11-13-32-14-12-26)15-18(20)16-21(27)22(29)23-5-6-25-9-7-24(2)8-10-25/h3-4,15,21H,5-14,16H2,1-2H3,(H,23,29)/t21-/m0/s1. The van der Waals surface area contributed by atoms with Crippen LogP contribution in [0.25, 0.3) is 0 Å². The Hall–Kier alpha value is -2.05. The van der Waals surface area contributed by atoms with Crippen molar-refractivity contribution in [3.63, 3.8) is 0 Å². The summed E-state index contributed by atoms with van der Waals surface area (Å²) in [4.78, 5) is 31.6. The fourth-order valence-electron chi connectivity index (χ4n) is 4.65. The minimum atomic E-state index is -3.65. The van der Waals surface area contributed by atoms with E-state index in [4.69, 9.17) is 4.74 Å². The van der Waals surface area contributed by atoms with Gasteiger partial charge in [0.15, 0.2) is 0 Å². The van der Waals surface area contributed by atoms with Crippen LogP contribution in [0.3, 0.4) is 0 Å².